The standard InChI is InChI=1S/C15H14N2O/c18-17-14-8-4-7-12-9-10-13(16-15(12)14)11-5-2-1-3-6-11/h1-3,5-6,9-10,18H,4,7-8H2/b17-14-. The van der Waals surface area contributed by atoms with Crippen molar-refractivity contribution < 1.29 is 5.21 Å². The van der Waals surface area contributed by atoms with Gasteiger partial charge in [-0.2, -0.15) is 0 Å². The van der Waals surface area contributed by atoms with Gasteiger partial charge in [0, 0.05) is 5.56 Å². The van der Waals surface area contributed by atoms with Crippen LogP contribution in [0.25, 0.3) is 11.3 Å². The molecule has 3 rings (SSSR count). The Balaban J connectivity index is 2.10. The molecule has 0 saturated heterocycles. The molecule has 1 heterocycles. The summed E-state index contributed by atoms with van der Waals surface area (Å²) in [6.07, 6.45) is 2.84. The van der Waals surface area contributed by atoms with Gasteiger partial charge in [0.05, 0.1) is 11.4 Å². The molecule has 0 fully saturated rings. The molecule has 0 amide bonds. The molecule has 1 aliphatic carbocycles. The molecule has 0 unspecified atom stereocenters. The first-order chi connectivity index (χ1) is 8.88. The molecule has 3 nitrogen and oxygen atoms in total. The molecular formula is C15H14N2O. The van der Waals surface area contributed by atoms with Gasteiger partial charge in [-0.05, 0) is 30.9 Å². The van der Waals surface area contributed by atoms with Crippen molar-refractivity contribution in [2.24, 2.45) is 5.16 Å². The Hall–Kier alpha value is -2.16. The van der Waals surface area contributed by atoms with Crippen LogP contribution in [0.2, 0.25) is 0 Å². The fourth-order valence-electron chi connectivity index (χ4n) is 2.37. The molecule has 0 saturated carbocycles. The SMILES string of the molecule is O/N=C1/CCCc2ccc(-c3ccccc3)nc21. The van der Waals surface area contributed by atoms with E-state index in [0.29, 0.717) is 5.71 Å². The van der Waals surface area contributed by atoms with Gasteiger partial charge in [-0.1, -0.05) is 41.6 Å². The molecule has 0 radical (unpaired) electrons. The highest BCUT2D eigenvalue weighted by Gasteiger charge is 2.18. The highest BCUT2D eigenvalue weighted by atomic mass is 16.4. The normalized spacial score (nSPS) is 16.6. The number of hydrogen-bond acceptors (Lipinski definition) is 3. The van der Waals surface area contributed by atoms with E-state index in [1.807, 2.05) is 36.4 Å². The summed E-state index contributed by atoms with van der Waals surface area (Å²) < 4.78 is 0. The second-order valence-corrected chi connectivity index (χ2v) is 4.47. The van der Waals surface area contributed by atoms with Gasteiger partial charge < -0.3 is 5.21 Å². The van der Waals surface area contributed by atoms with Crippen molar-refractivity contribution in [2.45, 2.75) is 19.3 Å². The Morgan fingerprint density at radius 2 is 1.83 bits per heavy atom. The summed E-state index contributed by atoms with van der Waals surface area (Å²) >= 11 is 0. The second-order valence-electron chi connectivity index (χ2n) is 4.47. The quantitative estimate of drug-likeness (QED) is 0.612. The fourth-order valence-corrected chi connectivity index (χ4v) is 2.37. The Kier molecular flexibility index (Phi) is 2.81. The van der Waals surface area contributed by atoms with E-state index in [-0.39, 0.29) is 0 Å². The maximum Gasteiger partial charge on any atom is 0.105 e. The lowest BCUT2D eigenvalue weighted by Gasteiger charge is -2.16. The van der Waals surface area contributed by atoms with E-state index in [2.05, 4.69) is 16.2 Å². The summed E-state index contributed by atoms with van der Waals surface area (Å²) in [6.45, 7) is 0. The zero-order chi connectivity index (χ0) is 12.4. The number of pyridine rings is 1. The first kappa shape index (κ1) is 11.0. The van der Waals surface area contributed by atoms with Crippen LogP contribution < -0.4 is 0 Å². The Labute approximate surface area is 106 Å². The van der Waals surface area contributed by atoms with E-state index >= 15 is 0 Å². The summed E-state index contributed by atoms with van der Waals surface area (Å²) in [5.74, 6) is 0. The van der Waals surface area contributed by atoms with Gasteiger partial charge in [0.15, 0.2) is 0 Å². The van der Waals surface area contributed by atoms with Crippen LogP contribution in [0.15, 0.2) is 47.6 Å². The molecule has 1 aliphatic rings. The predicted molar refractivity (Wildman–Crippen MR) is 70.9 cm³/mol. The van der Waals surface area contributed by atoms with Crippen molar-refractivity contribution in [3.05, 3.63) is 53.7 Å². The highest BCUT2D eigenvalue weighted by molar-refractivity contribution is 6.01. The minimum absolute atomic E-state index is 0.703. The number of oxime groups is 1. The lowest BCUT2D eigenvalue weighted by Crippen LogP contribution is -2.14. The van der Waals surface area contributed by atoms with Gasteiger partial charge in [0.1, 0.15) is 5.71 Å². The lowest BCUT2D eigenvalue weighted by atomic mass is 9.93. The highest BCUT2D eigenvalue weighted by Crippen LogP contribution is 2.24. The van der Waals surface area contributed by atoms with E-state index in [1.165, 1.54) is 5.56 Å². The molecular weight excluding hydrogens is 224 g/mol. The Morgan fingerprint density at radius 3 is 2.61 bits per heavy atom. The molecule has 1 N–H and O–H groups in total. The van der Waals surface area contributed by atoms with Gasteiger partial charge in [-0.15, -0.1) is 0 Å². The monoisotopic (exact) mass is 238 g/mol. The minimum atomic E-state index is 0.703. The number of benzene rings is 1. The molecule has 0 spiro atoms. The van der Waals surface area contributed by atoms with Crippen LogP contribution >= 0.6 is 0 Å². The Bertz CT molecular complexity index is 591. The van der Waals surface area contributed by atoms with Crippen molar-refractivity contribution in [3.63, 3.8) is 0 Å². The first-order valence-corrected chi connectivity index (χ1v) is 6.15. The molecule has 90 valence electrons. The van der Waals surface area contributed by atoms with Crippen molar-refractivity contribution in [1.82, 2.24) is 4.98 Å². The largest absolute Gasteiger partial charge is 0.411 e. The maximum atomic E-state index is 9.05. The summed E-state index contributed by atoms with van der Waals surface area (Å²) in [5.41, 5.74) is 4.74. The third-order valence-corrected chi connectivity index (χ3v) is 3.30. The van der Waals surface area contributed by atoms with Crippen LogP contribution in [0.4, 0.5) is 0 Å². The molecule has 0 aliphatic heterocycles. The van der Waals surface area contributed by atoms with E-state index in [9.17, 15) is 0 Å². The van der Waals surface area contributed by atoms with Gasteiger partial charge in [-0.3, -0.25) is 0 Å². The average Bonchev–Trinajstić information content (AvgIpc) is 2.47. The van der Waals surface area contributed by atoms with Crippen LogP contribution in [0.1, 0.15) is 24.1 Å². The molecule has 2 aromatic rings. The van der Waals surface area contributed by atoms with Crippen LogP contribution in [-0.4, -0.2) is 15.9 Å². The van der Waals surface area contributed by atoms with Crippen LogP contribution in [0, 0.1) is 0 Å². The number of aromatic nitrogens is 1. The number of fused-ring (bicyclic) bond motifs is 1. The molecule has 0 bridgehead atoms. The van der Waals surface area contributed by atoms with Gasteiger partial charge in [-0.25, -0.2) is 4.98 Å². The number of nitrogens with zero attached hydrogens (tertiary/aromatic N) is 2. The van der Waals surface area contributed by atoms with Crippen molar-refractivity contribution in [2.75, 3.05) is 0 Å². The number of hydrogen-bond donors (Lipinski definition) is 1. The minimum Gasteiger partial charge on any atom is -0.411 e. The zero-order valence-corrected chi connectivity index (χ0v) is 10.0. The smallest absolute Gasteiger partial charge is 0.105 e. The van der Waals surface area contributed by atoms with E-state index in [4.69, 9.17) is 5.21 Å². The second kappa shape index (κ2) is 4.61. The van der Waals surface area contributed by atoms with Crippen molar-refractivity contribution in [3.8, 4) is 11.3 Å². The zero-order valence-electron chi connectivity index (χ0n) is 10.0. The van der Waals surface area contributed by atoms with Crippen molar-refractivity contribution in [1.29, 1.82) is 0 Å². The molecule has 1 aromatic heterocycles. The summed E-state index contributed by atoms with van der Waals surface area (Å²) in [5, 5.41) is 12.4. The molecule has 1 aromatic carbocycles. The average molecular weight is 238 g/mol. The summed E-state index contributed by atoms with van der Waals surface area (Å²) in [4.78, 5) is 4.64. The summed E-state index contributed by atoms with van der Waals surface area (Å²) in [7, 11) is 0. The number of rotatable bonds is 1. The van der Waals surface area contributed by atoms with E-state index < -0.39 is 0 Å². The van der Waals surface area contributed by atoms with Gasteiger partial charge in [0.2, 0.25) is 0 Å². The van der Waals surface area contributed by atoms with Gasteiger partial charge >= 0.3 is 0 Å². The topological polar surface area (TPSA) is 45.5 Å². The van der Waals surface area contributed by atoms with E-state index in [1.54, 1.807) is 0 Å². The maximum absolute atomic E-state index is 9.05. The number of aryl methyl sites for hydroxylation is 1. The van der Waals surface area contributed by atoms with Crippen LogP contribution in [0.5, 0.6) is 0 Å². The third kappa shape index (κ3) is 1.88. The first-order valence-electron chi connectivity index (χ1n) is 6.15. The summed E-state index contributed by atoms with van der Waals surface area (Å²) in [6, 6.07) is 14.2. The van der Waals surface area contributed by atoms with Crippen molar-refractivity contribution >= 4 is 5.71 Å². The van der Waals surface area contributed by atoms with Gasteiger partial charge in [0.25, 0.3) is 0 Å². The molecule has 3 heteroatoms. The lowest BCUT2D eigenvalue weighted by molar-refractivity contribution is 0.317. The third-order valence-electron chi connectivity index (χ3n) is 3.30. The molecule has 18 heavy (non-hydrogen) atoms. The fraction of sp³-hybridized carbons (Fsp3) is 0.200. The predicted octanol–water partition coefficient (Wildman–Crippen LogP) is 3.26. The van der Waals surface area contributed by atoms with Crippen LogP contribution in [0.3, 0.4) is 0 Å². The van der Waals surface area contributed by atoms with Crippen LogP contribution in [-0.2, 0) is 6.42 Å². The Morgan fingerprint density at radius 1 is 1.00 bits per heavy atom. The molecule has 0 atom stereocenters. The van der Waals surface area contributed by atoms with E-state index in [0.717, 1.165) is 36.2 Å².